The number of aryl methyl sites for hydroxylation is 2. The van der Waals surface area contributed by atoms with E-state index in [1.54, 1.807) is 0 Å². The summed E-state index contributed by atoms with van der Waals surface area (Å²) in [6.45, 7) is 10.7. The molecule has 6 nitrogen and oxygen atoms in total. The second-order valence-electron chi connectivity index (χ2n) is 6.16. The van der Waals surface area contributed by atoms with Crippen molar-refractivity contribution in [3.8, 4) is 11.5 Å². The van der Waals surface area contributed by atoms with E-state index in [1.807, 2.05) is 52.8 Å². The Bertz CT molecular complexity index is 720. The summed E-state index contributed by atoms with van der Waals surface area (Å²) in [5.74, 6) is 2.18. The maximum atomic E-state index is 12.3. The van der Waals surface area contributed by atoms with Crippen molar-refractivity contribution in [3.63, 3.8) is 0 Å². The van der Waals surface area contributed by atoms with E-state index in [0.29, 0.717) is 31.8 Å². The smallest absolute Gasteiger partial charge is 0.220 e. The van der Waals surface area contributed by atoms with Gasteiger partial charge in [-0.15, -0.1) is 0 Å². The molecular formula is C20H28N2O4. The van der Waals surface area contributed by atoms with E-state index in [-0.39, 0.29) is 11.9 Å². The SMILES string of the molecule is CCOc1ccc([C@@H](C)NC(=O)CCc2c(C)noc2C)cc1OCC. The molecule has 0 aliphatic rings. The minimum atomic E-state index is -0.123. The van der Waals surface area contributed by atoms with Crippen molar-refractivity contribution in [2.45, 2.75) is 53.5 Å². The zero-order valence-corrected chi connectivity index (χ0v) is 16.2. The number of hydrogen-bond acceptors (Lipinski definition) is 5. The lowest BCUT2D eigenvalue weighted by Gasteiger charge is -2.17. The molecule has 0 spiro atoms. The van der Waals surface area contributed by atoms with Gasteiger partial charge in [0, 0.05) is 12.0 Å². The van der Waals surface area contributed by atoms with Gasteiger partial charge in [-0.1, -0.05) is 11.2 Å². The third-order valence-electron chi connectivity index (χ3n) is 4.23. The molecule has 1 aromatic carbocycles. The maximum Gasteiger partial charge on any atom is 0.220 e. The number of rotatable bonds is 9. The first-order chi connectivity index (χ1) is 12.5. The van der Waals surface area contributed by atoms with Crippen LogP contribution in [-0.4, -0.2) is 24.3 Å². The fourth-order valence-electron chi connectivity index (χ4n) is 2.83. The largest absolute Gasteiger partial charge is 0.490 e. The summed E-state index contributed by atoms with van der Waals surface area (Å²) in [5, 5.41) is 6.95. The molecule has 2 rings (SSSR count). The van der Waals surface area contributed by atoms with Crippen molar-refractivity contribution in [2.75, 3.05) is 13.2 Å². The van der Waals surface area contributed by atoms with Crippen molar-refractivity contribution in [2.24, 2.45) is 0 Å². The first-order valence-corrected chi connectivity index (χ1v) is 9.06. The molecule has 1 aromatic heterocycles. The van der Waals surface area contributed by atoms with Crippen LogP contribution < -0.4 is 14.8 Å². The number of nitrogens with zero attached hydrogens (tertiary/aromatic N) is 1. The van der Waals surface area contributed by atoms with Gasteiger partial charge < -0.3 is 19.3 Å². The Morgan fingerprint density at radius 1 is 1.19 bits per heavy atom. The van der Waals surface area contributed by atoms with Crippen LogP contribution in [0.2, 0.25) is 0 Å². The van der Waals surface area contributed by atoms with E-state index in [1.165, 1.54) is 0 Å². The Balaban J connectivity index is 1.98. The summed E-state index contributed by atoms with van der Waals surface area (Å²) in [6.07, 6.45) is 1.01. The highest BCUT2D eigenvalue weighted by Gasteiger charge is 2.15. The molecule has 0 saturated heterocycles. The van der Waals surface area contributed by atoms with Gasteiger partial charge in [-0.2, -0.15) is 0 Å². The van der Waals surface area contributed by atoms with Crippen LogP contribution in [0.1, 0.15) is 55.8 Å². The second-order valence-corrected chi connectivity index (χ2v) is 6.16. The van der Waals surface area contributed by atoms with Crippen LogP contribution in [0.3, 0.4) is 0 Å². The van der Waals surface area contributed by atoms with Crippen LogP contribution in [0.15, 0.2) is 22.7 Å². The summed E-state index contributed by atoms with van der Waals surface area (Å²) in [6, 6.07) is 5.64. The van der Waals surface area contributed by atoms with Crippen molar-refractivity contribution >= 4 is 5.91 Å². The van der Waals surface area contributed by atoms with E-state index in [0.717, 1.165) is 28.3 Å². The number of benzene rings is 1. The molecule has 2 aromatic rings. The van der Waals surface area contributed by atoms with Crippen molar-refractivity contribution in [1.82, 2.24) is 10.5 Å². The number of carbonyl (C=O) groups is 1. The minimum absolute atomic E-state index is 0.00987. The average Bonchev–Trinajstić information content (AvgIpc) is 2.93. The van der Waals surface area contributed by atoms with Gasteiger partial charge in [-0.25, -0.2) is 0 Å². The van der Waals surface area contributed by atoms with Gasteiger partial charge in [0.25, 0.3) is 0 Å². The van der Waals surface area contributed by atoms with Gasteiger partial charge in [0.2, 0.25) is 5.91 Å². The molecule has 1 N–H and O–H groups in total. The summed E-state index contributed by atoms with van der Waals surface area (Å²) >= 11 is 0. The molecule has 1 amide bonds. The first-order valence-electron chi connectivity index (χ1n) is 9.06. The molecule has 0 unspecified atom stereocenters. The highest BCUT2D eigenvalue weighted by atomic mass is 16.5. The lowest BCUT2D eigenvalue weighted by molar-refractivity contribution is -0.121. The summed E-state index contributed by atoms with van der Waals surface area (Å²) in [4.78, 5) is 12.3. The summed E-state index contributed by atoms with van der Waals surface area (Å²) in [7, 11) is 0. The second kappa shape index (κ2) is 9.27. The Kier molecular flexibility index (Phi) is 7.06. The fourth-order valence-corrected chi connectivity index (χ4v) is 2.83. The molecule has 1 heterocycles. The van der Waals surface area contributed by atoms with Crippen LogP contribution in [0.4, 0.5) is 0 Å². The number of hydrogen-bond donors (Lipinski definition) is 1. The Morgan fingerprint density at radius 3 is 2.50 bits per heavy atom. The monoisotopic (exact) mass is 360 g/mol. The number of aromatic nitrogens is 1. The third kappa shape index (κ3) is 5.00. The normalized spacial score (nSPS) is 11.9. The number of amides is 1. The lowest BCUT2D eigenvalue weighted by Crippen LogP contribution is -2.27. The highest BCUT2D eigenvalue weighted by Crippen LogP contribution is 2.30. The van der Waals surface area contributed by atoms with Crippen molar-refractivity contribution in [3.05, 3.63) is 40.8 Å². The molecule has 0 aliphatic carbocycles. The minimum Gasteiger partial charge on any atom is -0.490 e. The topological polar surface area (TPSA) is 73.6 Å². The quantitative estimate of drug-likeness (QED) is 0.734. The molecule has 142 valence electrons. The van der Waals surface area contributed by atoms with Crippen molar-refractivity contribution in [1.29, 1.82) is 0 Å². The van der Waals surface area contributed by atoms with Crippen LogP contribution in [0, 0.1) is 13.8 Å². The predicted octanol–water partition coefficient (Wildman–Crippen LogP) is 3.90. The van der Waals surface area contributed by atoms with Crippen molar-refractivity contribution < 1.29 is 18.8 Å². The Labute approximate surface area is 154 Å². The Hall–Kier alpha value is -2.50. The highest BCUT2D eigenvalue weighted by molar-refractivity contribution is 5.76. The van der Waals surface area contributed by atoms with Crippen LogP contribution in [-0.2, 0) is 11.2 Å². The van der Waals surface area contributed by atoms with Gasteiger partial charge >= 0.3 is 0 Å². The van der Waals surface area contributed by atoms with Gasteiger partial charge in [0.1, 0.15) is 5.76 Å². The van der Waals surface area contributed by atoms with Crippen LogP contribution >= 0.6 is 0 Å². The molecule has 0 saturated carbocycles. The van der Waals surface area contributed by atoms with E-state index in [4.69, 9.17) is 14.0 Å². The Morgan fingerprint density at radius 2 is 1.88 bits per heavy atom. The van der Waals surface area contributed by atoms with Gasteiger partial charge in [-0.05, 0) is 58.7 Å². The first kappa shape index (κ1) is 19.8. The van der Waals surface area contributed by atoms with E-state index in [2.05, 4.69) is 10.5 Å². The zero-order valence-electron chi connectivity index (χ0n) is 16.2. The molecule has 26 heavy (non-hydrogen) atoms. The maximum absolute atomic E-state index is 12.3. The molecule has 0 radical (unpaired) electrons. The number of ether oxygens (including phenoxy) is 2. The van der Waals surface area contributed by atoms with Gasteiger partial charge in [-0.3, -0.25) is 4.79 Å². The summed E-state index contributed by atoms with van der Waals surface area (Å²) in [5.41, 5.74) is 2.83. The summed E-state index contributed by atoms with van der Waals surface area (Å²) < 4.78 is 16.4. The standard InChI is InChI=1S/C20H28N2O4/c1-6-24-18-10-8-16(12-19(18)25-7-2)13(3)21-20(23)11-9-17-14(4)22-26-15(17)5/h8,10,12-13H,6-7,9,11H2,1-5H3,(H,21,23)/t13-/m1/s1. The predicted molar refractivity (Wildman–Crippen MR) is 99.6 cm³/mol. The van der Waals surface area contributed by atoms with E-state index in [9.17, 15) is 4.79 Å². The molecule has 0 fully saturated rings. The number of nitrogens with one attached hydrogen (secondary N) is 1. The van der Waals surface area contributed by atoms with Gasteiger partial charge in [0.15, 0.2) is 11.5 Å². The fraction of sp³-hybridized carbons (Fsp3) is 0.500. The molecular weight excluding hydrogens is 332 g/mol. The number of carbonyl (C=O) groups excluding carboxylic acids is 1. The van der Waals surface area contributed by atoms with Crippen LogP contribution in [0.25, 0.3) is 0 Å². The lowest BCUT2D eigenvalue weighted by atomic mass is 10.1. The van der Waals surface area contributed by atoms with Crippen LogP contribution in [0.5, 0.6) is 11.5 Å². The molecule has 6 heteroatoms. The average molecular weight is 360 g/mol. The third-order valence-corrected chi connectivity index (χ3v) is 4.23. The van der Waals surface area contributed by atoms with E-state index < -0.39 is 0 Å². The zero-order chi connectivity index (χ0) is 19.1. The molecule has 0 bridgehead atoms. The molecule has 0 aliphatic heterocycles. The molecule has 1 atom stereocenters. The van der Waals surface area contributed by atoms with Gasteiger partial charge in [0.05, 0.1) is 24.9 Å². The van der Waals surface area contributed by atoms with E-state index >= 15 is 0 Å².